The van der Waals surface area contributed by atoms with E-state index >= 15 is 0 Å². The van der Waals surface area contributed by atoms with Gasteiger partial charge in [-0.3, -0.25) is 9.59 Å². The van der Waals surface area contributed by atoms with Crippen LogP contribution in [0.5, 0.6) is 5.75 Å². The Hall–Kier alpha value is -3.58. The summed E-state index contributed by atoms with van der Waals surface area (Å²) >= 11 is 4.52. The van der Waals surface area contributed by atoms with Crippen molar-refractivity contribution >= 4 is 63.0 Å². The van der Waals surface area contributed by atoms with Gasteiger partial charge < -0.3 is 21.2 Å². The first-order chi connectivity index (χ1) is 15.9. The van der Waals surface area contributed by atoms with E-state index in [1.54, 1.807) is 37.6 Å². The number of halogens is 1. The fourth-order valence-corrected chi connectivity index (χ4v) is 3.66. The molecule has 1 aromatic heterocycles. The second-order valence-electron chi connectivity index (χ2n) is 6.53. The van der Waals surface area contributed by atoms with E-state index in [-0.39, 0.29) is 23.5 Å². The number of nitrogens with zero attached hydrogens (tertiary/aromatic N) is 4. The van der Waals surface area contributed by atoms with Crippen LogP contribution in [0.1, 0.15) is 12.5 Å². The van der Waals surface area contributed by atoms with Crippen molar-refractivity contribution in [1.29, 1.82) is 0 Å². The van der Waals surface area contributed by atoms with Gasteiger partial charge in [0.15, 0.2) is 0 Å². The number of aromatic nitrogens is 3. The molecule has 172 valence electrons. The molecule has 0 saturated carbocycles. The normalized spacial score (nSPS) is 10.8. The summed E-state index contributed by atoms with van der Waals surface area (Å²) in [5.41, 5.74) is 4.61. The summed E-state index contributed by atoms with van der Waals surface area (Å²) in [6, 6.07) is 12.4. The van der Waals surface area contributed by atoms with Gasteiger partial charge in [-0.05, 0) is 36.4 Å². The second-order valence-corrected chi connectivity index (χ2v) is 8.39. The maximum atomic E-state index is 12.3. The first-order valence-corrected chi connectivity index (χ1v) is 11.3. The van der Waals surface area contributed by atoms with Crippen molar-refractivity contribution in [3.63, 3.8) is 0 Å². The van der Waals surface area contributed by atoms with Gasteiger partial charge in [-0.2, -0.15) is 5.10 Å². The number of rotatable bonds is 9. The molecule has 0 aliphatic rings. The van der Waals surface area contributed by atoms with Crippen molar-refractivity contribution in [3.05, 3.63) is 52.5 Å². The summed E-state index contributed by atoms with van der Waals surface area (Å²) in [7, 11) is 1.57. The molecule has 0 aliphatic heterocycles. The molecule has 0 radical (unpaired) electrons. The summed E-state index contributed by atoms with van der Waals surface area (Å²) in [6.45, 7) is 1.41. The Labute approximate surface area is 202 Å². The molecule has 0 saturated heterocycles. The Balaban J connectivity index is 1.55. The SMILES string of the molecule is COc1ccc(Br)cc1/C=N/Nc1nnc(SCC(=O)Nc2cccc(NC(C)=O)c2)n1N. The van der Waals surface area contributed by atoms with E-state index in [0.29, 0.717) is 22.3 Å². The average Bonchev–Trinajstić information content (AvgIpc) is 3.12. The number of methoxy groups -OCH3 is 1. The fourth-order valence-electron chi connectivity index (χ4n) is 2.62. The monoisotopic (exact) mass is 532 g/mol. The topological polar surface area (TPSA) is 149 Å². The van der Waals surface area contributed by atoms with E-state index < -0.39 is 0 Å². The van der Waals surface area contributed by atoms with Gasteiger partial charge in [0.1, 0.15) is 5.75 Å². The highest BCUT2D eigenvalue weighted by molar-refractivity contribution is 9.10. The molecule has 0 bridgehead atoms. The van der Waals surface area contributed by atoms with Crippen molar-refractivity contribution in [2.75, 3.05) is 34.8 Å². The molecule has 2 aromatic carbocycles. The third kappa shape index (κ3) is 6.95. The highest BCUT2D eigenvalue weighted by Crippen LogP contribution is 2.22. The lowest BCUT2D eigenvalue weighted by molar-refractivity contribution is -0.114. The van der Waals surface area contributed by atoms with Crippen molar-refractivity contribution in [2.45, 2.75) is 12.1 Å². The molecule has 11 nitrogen and oxygen atoms in total. The van der Waals surface area contributed by atoms with Gasteiger partial charge in [0.05, 0.1) is 19.1 Å². The number of nitrogens with one attached hydrogen (secondary N) is 3. The van der Waals surface area contributed by atoms with Crippen LogP contribution >= 0.6 is 27.7 Å². The molecule has 0 unspecified atom stereocenters. The summed E-state index contributed by atoms with van der Waals surface area (Å²) < 4.78 is 7.37. The molecule has 0 fully saturated rings. The van der Waals surface area contributed by atoms with Crippen LogP contribution in [0.3, 0.4) is 0 Å². The Kier molecular flexibility index (Phi) is 8.27. The Morgan fingerprint density at radius 1 is 1.21 bits per heavy atom. The van der Waals surface area contributed by atoms with Crippen LogP contribution < -0.4 is 26.6 Å². The fraction of sp³-hybridized carbons (Fsp3) is 0.150. The summed E-state index contributed by atoms with van der Waals surface area (Å²) in [5, 5.41) is 17.8. The number of hydrazone groups is 1. The van der Waals surface area contributed by atoms with E-state index in [2.05, 4.69) is 47.3 Å². The number of ether oxygens (including phenoxy) is 1. The number of hydrogen-bond donors (Lipinski definition) is 4. The maximum absolute atomic E-state index is 12.3. The first-order valence-electron chi connectivity index (χ1n) is 9.49. The van der Waals surface area contributed by atoms with Gasteiger partial charge in [-0.1, -0.05) is 33.8 Å². The van der Waals surface area contributed by atoms with Crippen LogP contribution in [-0.4, -0.2) is 45.8 Å². The van der Waals surface area contributed by atoms with Crippen molar-refractivity contribution in [3.8, 4) is 5.75 Å². The van der Waals surface area contributed by atoms with E-state index in [1.165, 1.54) is 11.6 Å². The molecule has 0 aliphatic carbocycles. The van der Waals surface area contributed by atoms with E-state index in [1.807, 2.05) is 18.2 Å². The smallest absolute Gasteiger partial charge is 0.264 e. The molecule has 0 spiro atoms. The van der Waals surface area contributed by atoms with Crippen LogP contribution in [0, 0.1) is 0 Å². The van der Waals surface area contributed by atoms with Crippen molar-refractivity contribution in [2.24, 2.45) is 5.10 Å². The largest absolute Gasteiger partial charge is 0.496 e. The summed E-state index contributed by atoms with van der Waals surface area (Å²) in [5.74, 6) is 6.45. The van der Waals surface area contributed by atoms with Crippen LogP contribution in [0.15, 0.2) is 57.2 Å². The molecule has 2 amide bonds. The minimum atomic E-state index is -0.266. The van der Waals surface area contributed by atoms with E-state index in [4.69, 9.17) is 10.6 Å². The lowest BCUT2D eigenvalue weighted by atomic mass is 10.2. The lowest BCUT2D eigenvalue weighted by Crippen LogP contribution is -2.17. The minimum Gasteiger partial charge on any atom is -0.496 e. The van der Waals surface area contributed by atoms with Gasteiger partial charge in [0.2, 0.25) is 17.0 Å². The first kappa shape index (κ1) is 24.1. The van der Waals surface area contributed by atoms with Gasteiger partial charge in [0, 0.05) is 28.3 Å². The average molecular weight is 533 g/mol. The second kappa shape index (κ2) is 11.3. The quantitative estimate of drug-likeness (QED) is 0.142. The standard InChI is InChI=1S/C20H21BrN8O3S/c1-12(30)24-15-4-3-5-16(9-15)25-18(31)11-33-20-28-27-19(29(20)22)26-23-10-13-8-14(21)6-7-17(13)32-2/h3-10H,11,22H2,1-2H3,(H,24,30)(H,25,31)(H,26,27)/b23-10+. The third-order valence-electron chi connectivity index (χ3n) is 4.02. The molecular formula is C20H21BrN8O3S. The van der Waals surface area contributed by atoms with Crippen LogP contribution in [0.4, 0.5) is 17.3 Å². The van der Waals surface area contributed by atoms with Crippen LogP contribution in [0.25, 0.3) is 0 Å². The van der Waals surface area contributed by atoms with Gasteiger partial charge in [-0.15, -0.1) is 10.2 Å². The molecule has 5 N–H and O–H groups in total. The number of nitrogens with two attached hydrogens (primary N) is 1. The predicted molar refractivity (Wildman–Crippen MR) is 132 cm³/mol. The third-order valence-corrected chi connectivity index (χ3v) is 5.46. The minimum absolute atomic E-state index is 0.0538. The molecule has 3 aromatic rings. The molecular weight excluding hydrogens is 512 g/mol. The highest BCUT2D eigenvalue weighted by Gasteiger charge is 2.12. The highest BCUT2D eigenvalue weighted by atomic mass is 79.9. The zero-order valence-electron chi connectivity index (χ0n) is 17.7. The van der Waals surface area contributed by atoms with Crippen molar-refractivity contribution < 1.29 is 14.3 Å². The number of carbonyl (C=O) groups excluding carboxylic acids is 2. The van der Waals surface area contributed by atoms with E-state index in [0.717, 1.165) is 21.8 Å². The molecule has 0 atom stereocenters. The maximum Gasteiger partial charge on any atom is 0.264 e. The van der Waals surface area contributed by atoms with Gasteiger partial charge in [0.25, 0.3) is 5.95 Å². The number of anilines is 3. The zero-order valence-corrected chi connectivity index (χ0v) is 20.1. The Bertz CT molecular complexity index is 1180. The number of thioether (sulfide) groups is 1. The number of amides is 2. The molecule has 13 heteroatoms. The lowest BCUT2D eigenvalue weighted by Gasteiger charge is -2.08. The van der Waals surface area contributed by atoms with Crippen molar-refractivity contribution in [1.82, 2.24) is 14.9 Å². The predicted octanol–water partition coefficient (Wildman–Crippen LogP) is 2.90. The number of nitrogen functional groups attached to an aromatic ring is 1. The summed E-state index contributed by atoms with van der Waals surface area (Å²) in [4.78, 5) is 23.5. The Morgan fingerprint density at radius 3 is 2.70 bits per heavy atom. The Morgan fingerprint density at radius 2 is 1.97 bits per heavy atom. The van der Waals surface area contributed by atoms with Gasteiger partial charge in [-0.25, -0.2) is 10.1 Å². The molecule has 3 rings (SSSR count). The molecule has 33 heavy (non-hydrogen) atoms. The number of benzene rings is 2. The van der Waals surface area contributed by atoms with Gasteiger partial charge >= 0.3 is 0 Å². The molecule has 1 heterocycles. The van der Waals surface area contributed by atoms with E-state index in [9.17, 15) is 9.59 Å². The zero-order chi connectivity index (χ0) is 23.8. The summed E-state index contributed by atoms with van der Waals surface area (Å²) in [6.07, 6.45) is 1.56. The van der Waals surface area contributed by atoms with Crippen LogP contribution in [-0.2, 0) is 9.59 Å². The van der Waals surface area contributed by atoms with Crippen LogP contribution in [0.2, 0.25) is 0 Å². The number of carbonyl (C=O) groups is 2. The number of hydrogen-bond acceptors (Lipinski definition) is 9.